The maximum Gasteiger partial charge on any atom is 0.112 e. The number of nitrogens with zero attached hydrogens (tertiary/aromatic N) is 2. The molecule has 0 bridgehead atoms. The van der Waals surface area contributed by atoms with Gasteiger partial charge in [-0.2, -0.15) is 0 Å². The second-order valence-electron chi connectivity index (χ2n) is 4.31. The van der Waals surface area contributed by atoms with Crippen LogP contribution in [-0.4, -0.2) is 9.55 Å². The number of rotatable bonds is 2. The van der Waals surface area contributed by atoms with Crippen LogP contribution in [-0.2, 0) is 13.6 Å². The molecule has 1 aliphatic carbocycles. The minimum absolute atomic E-state index is 0.515. The minimum atomic E-state index is 0.515. The van der Waals surface area contributed by atoms with Gasteiger partial charge in [-0.25, -0.2) is 4.98 Å². The van der Waals surface area contributed by atoms with Crippen LogP contribution in [0.2, 0.25) is 0 Å². The van der Waals surface area contributed by atoms with E-state index >= 15 is 0 Å². The van der Waals surface area contributed by atoms with Crippen LogP contribution >= 0.6 is 15.9 Å². The predicted octanol–water partition coefficient (Wildman–Crippen LogP) is 2.69. The Morgan fingerprint density at radius 1 is 1.40 bits per heavy atom. The molecule has 1 heterocycles. The first kappa shape index (κ1) is 11.1. The number of aromatic nitrogens is 2. The monoisotopic (exact) mass is 271 g/mol. The fourth-order valence-electron chi connectivity index (χ4n) is 2.41. The number of hydrogen-bond donors (Lipinski definition) is 1. The van der Waals surface area contributed by atoms with Gasteiger partial charge in [0.15, 0.2) is 0 Å². The van der Waals surface area contributed by atoms with Crippen LogP contribution in [0.15, 0.2) is 4.60 Å². The molecule has 15 heavy (non-hydrogen) atoms. The molecular weight excluding hydrogens is 254 g/mol. The average molecular weight is 272 g/mol. The highest BCUT2D eigenvalue weighted by Gasteiger charge is 2.22. The lowest BCUT2D eigenvalue weighted by Crippen LogP contribution is -2.10. The van der Waals surface area contributed by atoms with Gasteiger partial charge in [0.2, 0.25) is 0 Å². The Hall–Kier alpha value is -0.350. The first-order chi connectivity index (χ1) is 7.24. The van der Waals surface area contributed by atoms with E-state index in [1.807, 2.05) is 0 Å². The van der Waals surface area contributed by atoms with Gasteiger partial charge in [0, 0.05) is 19.5 Å². The molecule has 0 spiro atoms. The maximum atomic E-state index is 5.66. The number of halogens is 1. The van der Waals surface area contributed by atoms with E-state index in [2.05, 4.69) is 32.5 Å². The molecule has 1 aromatic heterocycles. The summed E-state index contributed by atoms with van der Waals surface area (Å²) in [5.41, 5.74) is 6.64. The topological polar surface area (TPSA) is 43.8 Å². The standard InChI is InChI=1S/C11H18BrN3/c1-15-10(12)9(7-13)14-11(15)8-5-3-2-4-6-8/h8H,2-7,13H2,1H3. The fourth-order valence-corrected chi connectivity index (χ4v) is 2.84. The Labute approximate surface area is 99.2 Å². The normalized spacial score (nSPS) is 18.3. The Bertz CT molecular complexity index is 340. The lowest BCUT2D eigenvalue weighted by Gasteiger charge is -2.21. The fraction of sp³-hybridized carbons (Fsp3) is 0.727. The third kappa shape index (κ3) is 2.11. The van der Waals surface area contributed by atoms with Crippen LogP contribution in [0.5, 0.6) is 0 Å². The van der Waals surface area contributed by atoms with Crippen LogP contribution in [0.3, 0.4) is 0 Å². The summed E-state index contributed by atoms with van der Waals surface area (Å²) in [6, 6.07) is 0. The van der Waals surface area contributed by atoms with Gasteiger partial charge in [-0.05, 0) is 28.8 Å². The van der Waals surface area contributed by atoms with Crippen LogP contribution in [0.1, 0.15) is 49.5 Å². The summed E-state index contributed by atoms with van der Waals surface area (Å²) in [4.78, 5) is 4.64. The lowest BCUT2D eigenvalue weighted by atomic mass is 9.89. The Balaban J connectivity index is 2.26. The molecule has 0 saturated heterocycles. The van der Waals surface area contributed by atoms with E-state index in [9.17, 15) is 0 Å². The van der Waals surface area contributed by atoms with E-state index < -0.39 is 0 Å². The zero-order valence-electron chi connectivity index (χ0n) is 9.17. The molecule has 3 nitrogen and oxygen atoms in total. The zero-order valence-corrected chi connectivity index (χ0v) is 10.8. The van der Waals surface area contributed by atoms with Crippen molar-refractivity contribution < 1.29 is 0 Å². The second kappa shape index (κ2) is 4.66. The van der Waals surface area contributed by atoms with Crippen molar-refractivity contribution in [3.05, 3.63) is 16.1 Å². The van der Waals surface area contributed by atoms with Gasteiger partial charge in [0.25, 0.3) is 0 Å². The van der Waals surface area contributed by atoms with Gasteiger partial charge in [-0.15, -0.1) is 0 Å². The third-order valence-electron chi connectivity index (χ3n) is 3.29. The molecule has 1 fully saturated rings. The van der Waals surface area contributed by atoms with Gasteiger partial charge in [-0.1, -0.05) is 19.3 Å². The molecule has 0 atom stereocenters. The summed E-state index contributed by atoms with van der Waals surface area (Å²) in [6.45, 7) is 0.515. The highest BCUT2D eigenvalue weighted by Crippen LogP contribution is 2.33. The SMILES string of the molecule is Cn1c(C2CCCCC2)nc(CN)c1Br. The maximum absolute atomic E-state index is 5.66. The van der Waals surface area contributed by atoms with Crippen LogP contribution in [0.25, 0.3) is 0 Å². The first-order valence-electron chi connectivity index (χ1n) is 5.65. The number of nitrogens with two attached hydrogens (primary N) is 1. The second-order valence-corrected chi connectivity index (χ2v) is 5.06. The van der Waals surface area contributed by atoms with E-state index in [0.29, 0.717) is 12.5 Å². The number of hydrogen-bond acceptors (Lipinski definition) is 2. The Kier molecular flexibility index (Phi) is 3.46. The smallest absolute Gasteiger partial charge is 0.112 e. The largest absolute Gasteiger partial charge is 0.325 e. The van der Waals surface area contributed by atoms with E-state index in [4.69, 9.17) is 5.73 Å². The van der Waals surface area contributed by atoms with Gasteiger partial charge >= 0.3 is 0 Å². The van der Waals surface area contributed by atoms with Gasteiger partial charge in [0.05, 0.1) is 5.69 Å². The zero-order chi connectivity index (χ0) is 10.8. The van der Waals surface area contributed by atoms with Gasteiger partial charge in [-0.3, -0.25) is 0 Å². The average Bonchev–Trinajstić information content (AvgIpc) is 2.57. The van der Waals surface area contributed by atoms with E-state index in [0.717, 1.165) is 10.3 Å². The van der Waals surface area contributed by atoms with E-state index in [1.54, 1.807) is 0 Å². The first-order valence-corrected chi connectivity index (χ1v) is 6.44. The van der Waals surface area contributed by atoms with Crippen molar-refractivity contribution >= 4 is 15.9 Å². The Morgan fingerprint density at radius 3 is 2.60 bits per heavy atom. The summed E-state index contributed by atoms with van der Waals surface area (Å²) in [5.74, 6) is 1.85. The molecule has 0 amide bonds. The molecule has 1 aromatic rings. The lowest BCUT2D eigenvalue weighted by molar-refractivity contribution is 0.420. The van der Waals surface area contributed by atoms with Crippen molar-refractivity contribution in [3.63, 3.8) is 0 Å². The van der Waals surface area contributed by atoms with Crippen molar-refractivity contribution in [2.24, 2.45) is 12.8 Å². The van der Waals surface area contributed by atoms with Crippen molar-refractivity contribution in [2.45, 2.75) is 44.6 Å². The van der Waals surface area contributed by atoms with Crippen LogP contribution < -0.4 is 5.73 Å². The Morgan fingerprint density at radius 2 is 2.07 bits per heavy atom. The molecule has 1 saturated carbocycles. The molecular formula is C11H18BrN3. The van der Waals surface area contributed by atoms with Crippen molar-refractivity contribution in [2.75, 3.05) is 0 Å². The summed E-state index contributed by atoms with van der Waals surface area (Å²) < 4.78 is 3.20. The highest BCUT2D eigenvalue weighted by molar-refractivity contribution is 9.10. The molecule has 1 aliphatic rings. The molecule has 0 radical (unpaired) electrons. The third-order valence-corrected chi connectivity index (χ3v) is 4.28. The van der Waals surface area contributed by atoms with Crippen LogP contribution in [0, 0.1) is 0 Å². The van der Waals surface area contributed by atoms with Crippen molar-refractivity contribution in [1.82, 2.24) is 9.55 Å². The van der Waals surface area contributed by atoms with Gasteiger partial charge in [0.1, 0.15) is 10.4 Å². The summed E-state index contributed by atoms with van der Waals surface area (Å²) in [5, 5.41) is 0. The van der Waals surface area contributed by atoms with Crippen LogP contribution in [0.4, 0.5) is 0 Å². The molecule has 0 aromatic carbocycles. The summed E-state index contributed by atoms with van der Waals surface area (Å²) in [7, 11) is 2.07. The van der Waals surface area contributed by atoms with Gasteiger partial charge < -0.3 is 10.3 Å². The highest BCUT2D eigenvalue weighted by atomic mass is 79.9. The van der Waals surface area contributed by atoms with Crippen molar-refractivity contribution in [1.29, 1.82) is 0 Å². The summed E-state index contributed by atoms with van der Waals surface area (Å²) in [6.07, 6.45) is 6.62. The molecule has 2 rings (SSSR count). The summed E-state index contributed by atoms with van der Waals surface area (Å²) >= 11 is 3.55. The van der Waals surface area contributed by atoms with E-state index in [-0.39, 0.29) is 0 Å². The minimum Gasteiger partial charge on any atom is -0.325 e. The molecule has 0 unspecified atom stereocenters. The van der Waals surface area contributed by atoms with E-state index in [1.165, 1.54) is 37.9 Å². The molecule has 84 valence electrons. The predicted molar refractivity (Wildman–Crippen MR) is 64.6 cm³/mol. The quantitative estimate of drug-likeness (QED) is 0.899. The molecule has 0 aliphatic heterocycles. The number of imidazole rings is 1. The molecule has 4 heteroatoms. The molecule has 2 N–H and O–H groups in total. The van der Waals surface area contributed by atoms with Crippen molar-refractivity contribution in [3.8, 4) is 0 Å².